The largest absolute Gasteiger partial charge is 0.445 e. The minimum atomic E-state index is 0.363. The standard InChI is InChI=1S/C16H10BrNO/c1-10-7-12(17)8-13-15(11-5-3-2-4-6-11)14(9-18)19-16(10)13/h2-8H,1H3. The van der Waals surface area contributed by atoms with Gasteiger partial charge in [-0.1, -0.05) is 46.3 Å². The Morgan fingerprint density at radius 2 is 1.89 bits per heavy atom. The van der Waals surface area contributed by atoms with E-state index in [1.54, 1.807) is 0 Å². The SMILES string of the molecule is Cc1cc(Br)cc2c(-c3ccccc3)c(C#N)oc12. The van der Waals surface area contributed by atoms with E-state index in [0.29, 0.717) is 5.76 Å². The van der Waals surface area contributed by atoms with Crippen molar-refractivity contribution in [3.05, 3.63) is 58.3 Å². The second kappa shape index (κ2) is 4.56. The molecule has 0 aliphatic heterocycles. The topological polar surface area (TPSA) is 36.9 Å². The molecule has 0 spiro atoms. The third-order valence-electron chi connectivity index (χ3n) is 3.10. The Morgan fingerprint density at radius 3 is 2.58 bits per heavy atom. The number of nitrogens with zero attached hydrogens (tertiary/aromatic N) is 1. The first kappa shape index (κ1) is 12.0. The van der Waals surface area contributed by atoms with Gasteiger partial charge in [0.1, 0.15) is 11.7 Å². The maximum atomic E-state index is 9.29. The highest BCUT2D eigenvalue weighted by Crippen LogP contribution is 2.37. The van der Waals surface area contributed by atoms with Gasteiger partial charge in [0, 0.05) is 15.4 Å². The van der Waals surface area contributed by atoms with E-state index >= 15 is 0 Å². The number of halogens is 1. The van der Waals surface area contributed by atoms with Crippen molar-refractivity contribution < 1.29 is 4.42 Å². The van der Waals surface area contributed by atoms with Crippen LogP contribution < -0.4 is 0 Å². The van der Waals surface area contributed by atoms with Crippen LogP contribution >= 0.6 is 15.9 Å². The molecule has 1 aromatic heterocycles. The monoisotopic (exact) mass is 311 g/mol. The molecule has 2 aromatic carbocycles. The Bertz CT molecular complexity index is 797. The number of nitriles is 1. The lowest BCUT2D eigenvalue weighted by Crippen LogP contribution is -1.79. The summed E-state index contributed by atoms with van der Waals surface area (Å²) < 4.78 is 6.69. The van der Waals surface area contributed by atoms with Gasteiger partial charge < -0.3 is 4.42 Å². The molecular weight excluding hydrogens is 302 g/mol. The quantitative estimate of drug-likeness (QED) is 0.631. The maximum Gasteiger partial charge on any atom is 0.212 e. The molecule has 0 amide bonds. The van der Waals surface area contributed by atoms with E-state index in [1.807, 2.05) is 49.4 Å². The third-order valence-corrected chi connectivity index (χ3v) is 3.56. The molecule has 0 atom stereocenters. The number of hydrogen-bond donors (Lipinski definition) is 0. The maximum absolute atomic E-state index is 9.29. The minimum Gasteiger partial charge on any atom is -0.445 e. The molecule has 19 heavy (non-hydrogen) atoms. The molecule has 3 heteroatoms. The van der Waals surface area contributed by atoms with Gasteiger partial charge in [0.25, 0.3) is 0 Å². The second-order valence-corrected chi connectivity index (χ2v) is 5.30. The van der Waals surface area contributed by atoms with Crippen LogP contribution in [0.5, 0.6) is 0 Å². The van der Waals surface area contributed by atoms with Crippen molar-refractivity contribution in [2.24, 2.45) is 0 Å². The molecule has 3 aromatic rings. The molecule has 92 valence electrons. The number of furan rings is 1. The molecule has 0 fully saturated rings. The van der Waals surface area contributed by atoms with E-state index in [0.717, 1.165) is 32.1 Å². The van der Waals surface area contributed by atoms with Crippen LogP contribution in [-0.2, 0) is 0 Å². The van der Waals surface area contributed by atoms with Crippen molar-refractivity contribution >= 4 is 26.9 Å². The highest BCUT2D eigenvalue weighted by molar-refractivity contribution is 9.10. The van der Waals surface area contributed by atoms with E-state index < -0.39 is 0 Å². The number of rotatable bonds is 1. The third kappa shape index (κ3) is 1.94. The highest BCUT2D eigenvalue weighted by atomic mass is 79.9. The van der Waals surface area contributed by atoms with Crippen molar-refractivity contribution in [1.29, 1.82) is 5.26 Å². The predicted molar refractivity (Wildman–Crippen MR) is 78.8 cm³/mol. The molecule has 3 rings (SSSR count). The van der Waals surface area contributed by atoms with Gasteiger partial charge in [-0.3, -0.25) is 0 Å². The predicted octanol–water partition coefficient (Wildman–Crippen LogP) is 5.04. The van der Waals surface area contributed by atoms with Crippen molar-refractivity contribution in [3.8, 4) is 17.2 Å². The van der Waals surface area contributed by atoms with Crippen LogP contribution in [0.2, 0.25) is 0 Å². The normalized spacial score (nSPS) is 10.6. The van der Waals surface area contributed by atoms with E-state index in [2.05, 4.69) is 22.0 Å². The van der Waals surface area contributed by atoms with Crippen molar-refractivity contribution in [3.63, 3.8) is 0 Å². The fourth-order valence-corrected chi connectivity index (χ4v) is 2.87. The Kier molecular flexibility index (Phi) is 2.88. The van der Waals surface area contributed by atoms with Gasteiger partial charge in [-0.2, -0.15) is 5.26 Å². The zero-order valence-electron chi connectivity index (χ0n) is 10.3. The Morgan fingerprint density at radius 1 is 1.16 bits per heavy atom. The minimum absolute atomic E-state index is 0.363. The summed E-state index contributed by atoms with van der Waals surface area (Å²) in [4.78, 5) is 0. The van der Waals surface area contributed by atoms with Crippen LogP contribution in [0.15, 0.2) is 51.4 Å². The smallest absolute Gasteiger partial charge is 0.212 e. The molecule has 0 bridgehead atoms. The molecule has 2 nitrogen and oxygen atoms in total. The number of benzene rings is 2. The Balaban J connectivity index is 2.44. The Hall–Kier alpha value is -2.05. The molecule has 0 saturated carbocycles. The second-order valence-electron chi connectivity index (χ2n) is 4.38. The summed E-state index contributed by atoms with van der Waals surface area (Å²) in [6, 6.07) is 16.0. The summed E-state index contributed by atoms with van der Waals surface area (Å²) in [5.41, 5.74) is 3.65. The molecule has 0 unspecified atom stereocenters. The summed E-state index contributed by atoms with van der Waals surface area (Å²) in [5.74, 6) is 0.363. The van der Waals surface area contributed by atoms with Crippen LogP contribution in [-0.4, -0.2) is 0 Å². The van der Waals surface area contributed by atoms with Crippen LogP contribution in [0.4, 0.5) is 0 Å². The van der Waals surface area contributed by atoms with Crippen molar-refractivity contribution in [2.45, 2.75) is 6.92 Å². The van der Waals surface area contributed by atoms with Crippen LogP contribution in [0.3, 0.4) is 0 Å². The number of aryl methyl sites for hydroxylation is 1. The summed E-state index contributed by atoms with van der Waals surface area (Å²) in [5, 5.41) is 10.3. The van der Waals surface area contributed by atoms with Gasteiger partial charge >= 0.3 is 0 Å². The first-order valence-corrected chi connectivity index (χ1v) is 6.68. The van der Waals surface area contributed by atoms with Gasteiger partial charge in [-0.15, -0.1) is 0 Å². The zero-order valence-corrected chi connectivity index (χ0v) is 11.9. The summed E-state index contributed by atoms with van der Waals surface area (Å²) in [6.45, 7) is 1.98. The summed E-state index contributed by atoms with van der Waals surface area (Å²) in [6.07, 6.45) is 0. The molecule has 0 saturated heterocycles. The van der Waals surface area contributed by atoms with Crippen molar-refractivity contribution in [2.75, 3.05) is 0 Å². The molecule has 1 heterocycles. The lowest BCUT2D eigenvalue weighted by molar-refractivity contribution is 0.598. The van der Waals surface area contributed by atoms with Crippen LogP contribution in [0.1, 0.15) is 11.3 Å². The van der Waals surface area contributed by atoms with Gasteiger partial charge in [0.2, 0.25) is 5.76 Å². The number of fused-ring (bicyclic) bond motifs is 1. The van der Waals surface area contributed by atoms with Crippen molar-refractivity contribution in [1.82, 2.24) is 0 Å². The van der Waals surface area contributed by atoms with Crippen LogP contribution in [0.25, 0.3) is 22.1 Å². The van der Waals surface area contributed by atoms with Gasteiger partial charge in [0.05, 0.1) is 0 Å². The molecule has 0 N–H and O–H groups in total. The van der Waals surface area contributed by atoms with E-state index in [9.17, 15) is 5.26 Å². The summed E-state index contributed by atoms with van der Waals surface area (Å²) in [7, 11) is 0. The molecular formula is C16H10BrNO. The molecule has 0 aliphatic carbocycles. The fraction of sp³-hybridized carbons (Fsp3) is 0.0625. The van der Waals surface area contributed by atoms with Gasteiger partial charge in [0.15, 0.2) is 0 Å². The van der Waals surface area contributed by atoms with Gasteiger partial charge in [-0.25, -0.2) is 0 Å². The van der Waals surface area contributed by atoms with E-state index in [-0.39, 0.29) is 0 Å². The Labute approximate surface area is 119 Å². The summed E-state index contributed by atoms with van der Waals surface area (Å²) >= 11 is 3.50. The zero-order chi connectivity index (χ0) is 13.4. The first-order valence-electron chi connectivity index (χ1n) is 5.89. The van der Waals surface area contributed by atoms with E-state index in [4.69, 9.17) is 4.42 Å². The lowest BCUT2D eigenvalue weighted by atomic mass is 10.0. The van der Waals surface area contributed by atoms with E-state index in [1.165, 1.54) is 0 Å². The van der Waals surface area contributed by atoms with Crippen LogP contribution in [0, 0.1) is 18.3 Å². The first-order chi connectivity index (χ1) is 9.20. The average molecular weight is 312 g/mol. The number of hydrogen-bond acceptors (Lipinski definition) is 2. The fourth-order valence-electron chi connectivity index (χ4n) is 2.30. The highest BCUT2D eigenvalue weighted by Gasteiger charge is 2.17. The van der Waals surface area contributed by atoms with Gasteiger partial charge in [-0.05, 0) is 30.2 Å². The lowest BCUT2D eigenvalue weighted by Gasteiger charge is -2.00. The average Bonchev–Trinajstić information content (AvgIpc) is 2.78. The molecule has 0 radical (unpaired) electrons. The molecule has 0 aliphatic rings.